The number of ether oxygens (including phenoxy) is 1. The maximum atomic E-state index is 13.2. The highest BCUT2D eigenvalue weighted by molar-refractivity contribution is 7.12. The number of thiophene rings is 1. The quantitative estimate of drug-likeness (QED) is 0.844. The average Bonchev–Trinajstić information content (AvgIpc) is 3.12. The smallest absolute Gasteiger partial charge is 0.261 e. The zero-order chi connectivity index (χ0) is 19.2. The molecule has 2 atom stereocenters. The molecule has 1 aromatic heterocycles. The van der Waals surface area contributed by atoms with Gasteiger partial charge in [-0.2, -0.15) is 0 Å². The number of hydrogen-bond donors (Lipinski definition) is 1. The molecule has 1 aliphatic heterocycles. The first-order valence-corrected chi connectivity index (χ1v) is 10.3. The average molecular weight is 387 g/mol. The first-order chi connectivity index (χ1) is 13.1. The number of hydrogen-bond acceptors (Lipinski definition) is 4. The van der Waals surface area contributed by atoms with E-state index in [9.17, 15) is 9.59 Å². The highest BCUT2D eigenvalue weighted by Gasteiger charge is 2.30. The first-order valence-electron chi connectivity index (χ1n) is 9.39. The number of carbonyl (C=O) groups excluding carboxylic acids is 2. The number of amides is 2. The van der Waals surface area contributed by atoms with E-state index in [0.717, 1.165) is 43.5 Å². The Morgan fingerprint density at radius 1 is 1.19 bits per heavy atom. The van der Waals surface area contributed by atoms with Crippen LogP contribution in [0.4, 0.5) is 0 Å². The van der Waals surface area contributed by atoms with Gasteiger partial charge in [-0.3, -0.25) is 9.59 Å². The fourth-order valence-corrected chi connectivity index (χ4v) is 4.16. The van der Waals surface area contributed by atoms with Crippen molar-refractivity contribution in [2.75, 3.05) is 13.7 Å². The second-order valence-electron chi connectivity index (χ2n) is 6.84. The molecule has 0 bridgehead atoms. The lowest BCUT2D eigenvalue weighted by atomic mass is 10.00. The van der Waals surface area contributed by atoms with Crippen molar-refractivity contribution in [3.63, 3.8) is 0 Å². The van der Waals surface area contributed by atoms with Gasteiger partial charge < -0.3 is 15.0 Å². The van der Waals surface area contributed by atoms with E-state index >= 15 is 0 Å². The van der Waals surface area contributed by atoms with Gasteiger partial charge in [-0.1, -0.05) is 31.0 Å². The lowest BCUT2D eigenvalue weighted by Crippen LogP contribution is -2.48. The Kier molecular flexibility index (Phi) is 6.50. The summed E-state index contributed by atoms with van der Waals surface area (Å²) in [5, 5.41) is 4.71. The summed E-state index contributed by atoms with van der Waals surface area (Å²) in [6.07, 6.45) is 4.14. The SMILES string of the molecule is COc1ccc(C2CCCCCN2C(=O)C(C)NC(=O)c2cccs2)cc1. The highest BCUT2D eigenvalue weighted by atomic mass is 32.1. The van der Waals surface area contributed by atoms with Crippen LogP contribution in [0.3, 0.4) is 0 Å². The van der Waals surface area contributed by atoms with Crippen molar-refractivity contribution >= 4 is 23.2 Å². The van der Waals surface area contributed by atoms with Crippen LogP contribution in [0.2, 0.25) is 0 Å². The molecule has 1 aromatic carbocycles. The topological polar surface area (TPSA) is 58.6 Å². The molecule has 5 nitrogen and oxygen atoms in total. The van der Waals surface area contributed by atoms with Gasteiger partial charge in [-0.15, -0.1) is 11.3 Å². The van der Waals surface area contributed by atoms with Gasteiger partial charge >= 0.3 is 0 Å². The predicted molar refractivity (Wildman–Crippen MR) is 107 cm³/mol. The number of rotatable bonds is 5. The maximum absolute atomic E-state index is 13.2. The molecule has 0 spiro atoms. The molecule has 6 heteroatoms. The fraction of sp³-hybridized carbons (Fsp3) is 0.429. The number of likely N-dealkylation sites (tertiary alicyclic amines) is 1. The number of nitrogens with one attached hydrogen (secondary N) is 1. The van der Waals surface area contributed by atoms with Crippen LogP contribution in [0.15, 0.2) is 41.8 Å². The minimum Gasteiger partial charge on any atom is -0.497 e. The number of nitrogens with zero attached hydrogens (tertiary/aromatic N) is 1. The van der Waals surface area contributed by atoms with E-state index in [-0.39, 0.29) is 17.9 Å². The normalized spacial score (nSPS) is 18.4. The summed E-state index contributed by atoms with van der Waals surface area (Å²) >= 11 is 1.38. The monoisotopic (exact) mass is 386 g/mol. The first kappa shape index (κ1) is 19.4. The van der Waals surface area contributed by atoms with Gasteiger partial charge in [0.15, 0.2) is 0 Å². The summed E-state index contributed by atoms with van der Waals surface area (Å²) < 4.78 is 5.25. The van der Waals surface area contributed by atoms with Crippen molar-refractivity contribution in [1.82, 2.24) is 10.2 Å². The number of carbonyl (C=O) groups is 2. The molecule has 0 saturated carbocycles. The zero-order valence-electron chi connectivity index (χ0n) is 15.8. The van der Waals surface area contributed by atoms with Crippen LogP contribution < -0.4 is 10.1 Å². The van der Waals surface area contributed by atoms with Crippen molar-refractivity contribution in [2.24, 2.45) is 0 Å². The third-order valence-corrected chi connectivity index (χ3v) is 5.87. The molecule has 3 rings (SSSR count). The molecular formula is C21H26N2O3S. The Balaban J connectivity index is 1.75. The van der Waals surface area contributed by atoms with Crippen molar-refractivity contribution in [3.05, 3.63) is 52.2 Å². The Morgan fingerprint density at radius 3 is 2.63 bits per heavy atom. The number of methoxy groups -OCH3 is 1. The molecule has 27 heavy (non-hydrogen) atoms. The molecule has 2 unspecified atom stereocenters. The third-order valence-electron chi connectivity index (χ3n) is 5.00. The molecule has 2 amide bonds. The van der Waals surface area contributed by atoms with E-state index < -0.39 is 6.04 Å². The van der Waals surface area contributed by atoms with Gasteiger partial charge in [0.2, 0.25) is 5.91 Å². The Hall–Kier alpha value is -2.34. The summed E-state index contributed by atoms with van der Waals surface area (Å²) in [5.74, 6) is 0.589. The van der Waals surface area contributed by atoms with Gasteiger partial charge in [-0.25, -0.2) is 0 Å². The van der Waals surface area contributed by atoms with E-state index in [1.165, 1.54) is 11.3 Å². The van der Waals surface area contributed by atoms with Gasteiger partial charge in [0, 0.05) is 6.54 Å². The standard InChI is InChI=1S/C21H26N2O3S/c1-15(22-20(24)19-8-6-14-27-19)21(25)23-13-5-3-4-7-18(23)16-9-11-17(26-2)12-10-16/h6,8-12,14-15,18H,3-5,7,13H2,1-2H3,(H,22,24). The molecule has 144 valence electrons. The zero-order valence-corrected chi connectivity index (χ0v) is 16.6. The lowest BCUT2D eigenvalue weighted by molar-refractivity contribution is -0.135. The lowest BCUT2D eigenvalue weighted by Gasteiger charge is -2.33. The van der Waals surface area contributed by atoms with Crippen LogP contribution in [0.5, 0.6) is 5.75 Å². The van der Waals surface area contributed by atoms with Crippen molar-refractivity contribution in [1.29, 1.82) is 0 Å². The molecule has 1 fully saturated rings. The predicted octanol–water partition coefficient (Wildman–Crippen LogP) is 4.02. The van der Waals surface area contributed by atoms with Crippen LogP contribution in [0, 0.1) is 0 Å². The second kappa shape index (κ2) is 9.04. The maximum Gasteiger partial charge on any atom is 0.261 e. The van der Waals surface area contributed by atoms with Gasteiger partial charge in [0.05, 0.1) is 18.0 Å². The van der Waals surface area contributed by atoms with Crippen LogP contribution in [-0.2, 0) is 4.79 Å². The largest absolute Gasteiger partial charge is 0.497 e. The van der Waals surface area contributed by atoms with E-state index in [4.69, 9.17) is 4.74 Å². The van der Waals surface area contributed by atoms with Gasteiger partial charge in [0.25, 0.3) is 5.91 Å². The van der Waals surface area contributed by atoms with Gasteiger partial charge in [-0.05, 0) is 48.9 Å². The molecule has 1 saturated heterocycles. The fourth-order valence-electron chi connectivity index (χ4n) is 3.53. The van der Waals surface area contributed by atoms with E-state index in [2.05, 4.69) is 5.32 Å². The Morgan fingerprint density at radius 2 is 1.96 bits per heavy atom. The summed E-state index contributed by atoms with van der Waals surface area (Å²) in [4.78, 5) is 28.0. The minimum absolute atomic E-state index is 0.0253. The Labute approximate surface area is 164 Å². The van der Waals surface area contributed by atoms with E-state index in [1.807, 2.05) is 40.6 Å². The van der Waals surface area contributed by atoms with Crippen LogP contribution in [0.25, 0.3) is 0 Å². The molecule has 2 heterocycles. The van der Waals surface area contributed by atoms with Crippen molar-refractivity contribution in [2.45, 2.75) is 44.7 Å². The summed E-state index contributed by atoms with van der Waals surface area (Å²) in [6.45, 7) is 2.48. The van der Waals surface area contributed by atoms with Gasteiger partial charge in [0.1, 0.15) is 11.8 Å². The van der Waals surface area contributed by atoms with Crippen LogP contribution >= 0.6 is 11.3 Å². The summed E-state index contributed by atoms with van der Waals surface area (Å²) in [7, 11) is 1.65. The third kappa shape index (κ3) is 4.69. The molecule has 1 aliphatic rings. The highest BCUT2D eigenvalue weighted by Crippen LogP contribution is 2.31. The van der Waals surface area contributed by atoms with Crippen LogP contribution in [0.1, 0.15) is 53.9 Å². The van der Waals surface area contributed by atoms with E-state index in [0.29, 0.717) is 4.88 Å². The van der Waals surface area contributed by atoms with Crippen molar-refractivity contribution < 1.29 is 14.3 Å². The molecular weight excluding hydrogens is 360 g/mol. The summed E-state index contributed by atoms with van der Waals surface area (Å²) in [6, 6.07) is 11.0. The van der Waals surface area contributed by atoms with Crippen LogP contribution in [-0.4, -0.2) is 36.4 Å². The number of benzene rings is 1. The molecule has 0 radical (unpaired) electrons. The molecule has 0 aliphatic carbocycles. The second-order valence-corrected chi connectivity index (χ2v) is 7.79. The summed E-state index contributed by atoms with van der Waals surface area (Å²) in [5.41, 5.74) is 1.11. The van der Waals surface area contributed by atoms with E-state index in [1.54, 1.807) is 20.1 Å². The Bertz CT molecular complexity index is 758. The minimum atomic E-state index is -0.557. The molecule has 2 aromatic rings. The van der Waals surface area contributed by atoms with Crippen molar-refractivity contribution in [3.8, 4) is 5.75 Å². The molecule has 1 N–H and O–H groups in total.